The van der Waals surface area contributed by atoms with Crippen molar-refractivity contribution in [3.8, 4) is 0 Å². The van der Waals surface area contributed by atoms with Crippen LogP contribution in [0.5, 0.6) is 0 Å². The van der Waals surface area contributed by atoms with Crippen molar-refractivity contribution in [1.29, 1.82) is 0 Å². The Hall–Kier alpha value is -2.18. The molecule has 3 rings (SSSR count). The number of imidazole rings is 1. The molecule has 0 aromatic carbocycles. The van der Waals surface area contributed by atoms with Crippen LogP contribution in [0.15, 0.2) is 35.5 Å². The van der Waals surface area contributed by atoms with E-state index in [2.05, 4.69) is 38.0 Å². The zero-order chi connectivity index (χ0) is 18.0. The largest absolute Gasteiger partial charge is 0.351 e. The average molecular weight is 379 g/mol. The van der Waals surface area contributed by atoms with E-state index in [1.54, 1.807) is 7.05 Å². The molecule has 8 heteroatoms. The monoisotopic (exact) mass is 378 g/mol. The van der Waals surface area contributed by atoms with Crippen molar-refractivity contribution in [2.45, 2.75) is 20.0 Å². The maximum atomic E-state index is 6.09. The molecule has 0 aliphatic rings. The van der Waals surface area contributed by atoms with E-state index in [1.165, 1.54) is 0 Å². The van der Waals surface area contributed by atoms with E-state index < -0.39 is 0 Å². The van der Waals surface area contributed by atoms with Crippen LogP contribution in [0.4, 0.5) is 0 Å². The van der Waals surface area contributed by atoms with Crippen molar-refractivity contribution in [3.05, 3.63) is 57.7 Å². The molecule has 132 valence electrons. The van der Waals surface area contributed by atoms with Gasteiger partial charge in [-0.1, -0.05) is 29.3 Å². The van der Waals surface area contributed by atoms with Crippen molar-refractivity contribution in [2.24, 2.45) is 12.0 Å². The van der Waals surface area contributed by atoms with E-state index in [4.69, 9.17) is 23.2 Å². The molecule has 2 N–H and O–H groups in total. The number of hydrogen-bond acceptors (Lipinski definition) is 2. The number of aliphatic imine (C=N–C) groups is 1. The van der Waals surface area contributed by atoms with Crippen molar-refractivity contribution in [3.63, 3.8) is 0 Å². The van der Waals surface area contributed by atoms with Crippen molar-refractivity contribution in [2.75, 3.05) is 7.05 Å². The fraction of sp³-hybridized carbons (Fsp3) is 0.294. The minimum atomic E-state index is 0.529. The van der Waals surface area contributed by atoms with Gasteiger partial charge in [-0.15, -0.1) is 0 Å². The molecule has 3 aromatic rings. The highest BCUT2D eigenvalue weighted by Crippen LogP contribution is 2.24. The summed E-state index contributed by atoms with van der Waals surface area (Å²) in [5.74, 6) is 0.683. The first-order chi connectivity index (χ1) is 12.0. The molecule has 0 bridgehead atoms. The Labute approximate surface area is 156 Å². The number of nitrogens with one attached hydrogen (secondary N) is 2. The van der Waals surface area contributed by atoms with E-state index in [-0.39, 0.29) is 0 Å². The molecule has 6 nitrogen and oxygen atoms in total. The molecule has 3 aromatic heterocycles. The van der Waals surface area contributed by atoms with E-state index in [0.29, 0.717) is 29.2 Å². The van der Waals surface area contributed by atoms with Crippen molar-refractivity contribution < 1.29 is 0 Å². The molecular weight excluding hydrogens is 359 g/mol. The fourth-order valence-electron chi connectivity index (χ4n) is 2.61. The number of guanidine groups is 1. The van der Waals surface area contributed by atoms with Crippen molar-refractivity contribution >= 4 is 34.8 Å². The Bertz CT molecular complexity index is 925. The van der Waals surface area contributed by atoms with Crippen LogP contribution in [0.2, 0.25) is 10.2 Å². The number of rotatable bonds is 4. The van der Waals surface area contributed by atoms with Gasteiger partial charge >= 0.3 is 0 Å². The highest BCUT2D eigenvalue weighted by atomic mass is 35.5. The first-order valence-electron chi connectivity index (χ1n) is 7.87. The number of pyridine rings is 1. The first-order valence-corrected chi connectivity index (χ1v) is 8.63. The second-order valence-corrected chi connectivity index (χ2v) is 6.51. The smallest absolute Gasteiger partial charge is 0.191 e. The lowest BCUT2D eigenvalue weighted by molar-refractivity contribution is 0.747. The van der Waals surface area contributed by atoms with Gasteiger partial charge in [-0.25, -0.2) is 4.98 Å². The third-order valence-electron chi connectivity index (χ3n) is 4.06. The van der Waals surface area contributed by atoms with Gasteiger partial charge in [-0.2, -0.15) is 0 Å². The fourth-order valence-corrected chi connectivity index (χ4v) is 3.03. The summed E-state index contributed by atoms with van der Waals surface area (Å²) in [6.45, 7) is 3.20. The zero-order valence-corrected chi connectivity index (χ0v) is 15.9. The summed E-state index contributed by atoms with van der Waals surface area (Å²) in [5.41, 5.74) is 4.01. The molecule has 0 atom stereocenters. The summed E-state index contributed by atoms with van der Waals surface area (Å²) >= 11 is 12.1. The van der Waals surface area contributed by atoms with Crippen LogP contribution in [0.3, 0.4) is 0 Å². The molecular formula is C17H20Cl2N6. The molecule has 0 amide bonds. The summed E-state index contributed by atoms with van der Waals surface area (Å²) in [6.07, 6.45) is 2.03. The second kappa shape index (κ2) is 7.37. The number of fused-ring (bicyclic) bond motifs is 1. The van der Waals surface area contributed by atoms with E-state index in [0.717, 1.165) is 22.7 Å². The van der Waals surface area contributed by atoms with Crippen LogP contribution in [-0.4, -0.2) is 27.0 Å². The van der Waals surface area contributed by atoms with Crippen LogP contribution in [0, 0.1) is 6.92 Å². The summed E-state index contributed by atoms with van der Waals surface area (Å²) in [4.78, 5) is 8.84. The highest BCUT2D eigenvalue weighted by Gasteiger charge is 2.10. The summed E-state index contributed by atoms with van der Waals surface area (Å²) in [5, 5.41) is 7.59. The minimum absolute atomic E-state index is 0.529. The molecule has 0 saturated carbocycles. The Balaban J connectivity index is 1.62. The molecule has 0 saturated heterocycles. The molecule has 0 radical (unpaired) electrons. The first kappa shape index (κ1) is 17.6. The lowest BCUT2D eigenvalue weighted by atomic mass is 10.4. The topological polar surface area (TPSA) is 58.6 Å². The Morgan fingerprint density at radius 3 is 2.64 bits per heavy atom. The van der Waals surface area contributed by atoms with Crippen LogP contribution in [0.25, 0.3) is 5.65 Å². The van der Waals surface area contributed by atoms with Crippen LogP contribution in [-0.2, 0) is 20.1 Å². The number of hydrogen-bond donors (Lipinski definition) is 2. The second-order valence-electron chi connectivity index (χ2n) is 5.74. The summed E-state index contributed by atoms with van der Waals surface area (Å²) < 4.78 is 3.91. The third kappa shape index (κ3) is 3.75. The Kier molecular flexibility index (Phi) is 5.20. The molecule has 0 spiro atoms. The van der Waals surface area contributed by atoms with E-state index >= 15 is 0 Å². The number of aryl methyl sites for hydroxylation is 1. The third-order valence-corrected chi connectivity index (χ3v) is 4.90. The van der Waals surface area contributed by atoms with Crippen LogP contribution in [0.1, 0.15) is 17.1 Å². The van der Waals surface area contributed by atoms with Gasteiger partial charge in [0.1, 0.15) is 10.8 Å². The zero-order valence-electron chi connectivity index (χ0n) is 14.3. The van der Waals surface area contributed by atoms with E-state index in [9.17, 15) is 0 Å². The van der Waals surface area contributed by atoms with Gasteiger partial charge in [-0.3, -0.25) is 4.99 Å². The van der Waals surface area contributed by atoms with Gasteiger partial charge < -0.3 is 19.6 Å². The standard InChI is InChI=1S/C17H20Cl2N6/c1-11-5-4-6-15-23-12(10-25(11)15)8-21-17(20-2)22-9-13-7-14(18)16(19)24(13)3/h4-7,10H,8-9H2,1-3H3,(H2,20,21,22). The van der Waals surface area contributed by atoms with Gasteiger partial charge in [0.15, 0.2) is 5.96 Å². The van der Waals surface area contributed by atoms with Gasteiger partial charge in [0.05, 0.1) is 23.8 Å². The Morgan fingerprint density at radius 2 is 2.00 bits per heavy atom. The number of aromatic nitrogens is 3. The lowest BCUT2D eigenvalue weighted by Gasteiger charge is -2.11. The maximum Gasteiger partial charge on any atom is 0.191 e. The normalized spacial score (nSPS) is 12.0. The van der Waals surface area contributed by atoms with Gasteiger partial charge in [0, 0.05) is 31.7 Å². The van der Waals surface area contributed by atoms with E-state index in [1.807, 2.05) is 36.0 Å². The minimum Gasteiger partial charge on any atom is -0.351 e. The molecule has 0 aliphatic carbocycles. The maximum absolute atomic E-state index is 6.09. The molecule has 25 heavy (non-hydrogen) atoms. The average Bonchev–Trinajstić information content (AvgIpc) is 3.13. The van der Waals surface area contributed by atoms with Crippen LogP contribution >= 0.6 is 23.2 Å². The predicted molar refractivity (Wildman–Crippen MR) is 102 cm³/mol. The molecule has 0 fully saturated rings. The van der Waals surface area contributed by atoms with Crippen molar-refractivity contribution in [1.82, 2.24) is 24.6 Å². The summed E-state index contributed by atoms with van der Waals surface area (Å²) in [6, 6.07) is 7.90. The van der Waals surface area contributed by atoms with Crippen LogP contribution < -0.4 is 10.6 Å². The molecule has 3 heterocycles. The number of nitrogens with zero attached hydrogens (tertiary/aromatic N) is 4. The summed E-state index contributed by atoms with van der Waals surface area (Å²) in [7, 11) is 3.61. The Morgan fingerprint density at radius 1 is 1.24 bits per heavy atom. The lowest BCUT2D eigenvalue weighted by Crippen LogP contribution is -2.36. The predicted octanol–water partition coefficient (Wildman–Crippen LogP) is 3.15. The number of halogens is 2. The van der Waals surface area contributed by atoms with Gasteiger partial charge in [0.2, 0.25) is 0 Å². The van der Waals surface area contributed by atoms with Gasteiger partial charge in [-0.05, 0) is 25.1 Å². The quantitative estimate of drug-likeness (QED) is 0.541. The highest BCUT2D eigenvalue weighted by molar-refractivity contribution is 6.41. The molecule has 0 aliphatic heterocycles. The van der Waals surface area contributed by atoms with Gasteiger partial charge in [0.25, 0.3) is 0 Å². The molecule has 0 unspecified atom stereocenters. The SMILES string of the molecule is CN=C(NCc1cn2c(C)cccc2n1)NCc1cc(Cl)c(Cl)n1C.